The Kier molecular flexibility index (Phi) is 3.41. The van der Waals surface area contributed by atoms with E-state index < -0.39 is 0 Å². The first kappa shape index (κ1) is 11.4. The number of nitrogens with zero attached hydrogens (tertiary/aromatic N) is 1. The van der Waals surface area contributed by atoms with Gasteiger partial charge in [-0.3, -0.25) is 0 Å². The maximum Gasteiger partial charge on any atom is 0.146 e. The molecule has 4 heteroatoms. The number of hydrogen-bond acceptors (Lipinski definition) is 3. The molecule has 0 saturated carbocycles. The van der Waals surface area contributed by atoms with Gasteiger partial charge in [0.2, 0.25) is 0 Å². The lowest BCUT2D eigenvalue weighted by atomic mass is 10.1. The van der Waals surface area contributed by atoms with Gasteiger partial charge in [-0.25, -0.2) is 4.39 Å². The van der Waals surface area contributed by atoms with E-state index in [-0.39, 0.29) is 11.9 Å². The fourth-order valence-corrected chi connectivity index (χ4v) is 2.02. The second kappa shape index (κ2) is 4.80. The van der Waals surface area contributed by atoms with Crippen molar-refractivity contribution < 1.29 is 9.13 Å². The summed E-state index contributed by atoms with van der Waals surface area (Å²) in [4.78, 5) is 2.01. The van der Waals surface area contributed by atoms with Gasteiger partial charge in [-0.05, 0) is 18.6 Å². The summed E-state index contributed by atoms with van der Waals surface area (Å²) >= 11 is 0. The van der Waals surface area contributed by atoms with E-state index in [0.717, 1.165) is 18.7 Å². The van der Waals surface area contributed by atoms with Crippen molar-refractivity contribution in [3.05, 3.63) is 29.6 Å². The molecule has 0 aromatic heterocycles. The highest BCUT2D eigenvalue weighted by atomic mass is 19.1. The standard InChI is InChI=1S/C12H17FN2O/c1-9(14)10-3-2-4-11(13)12(10)15-5-7-16-8-6-15/h2-4,9H,5-8,14H2,1H3. The van der Waals surface area contributed by atoms with Crippen molar-refractivity contribution in [3.8, 4) is 0 Å². The first-order valence-electron chi connectivity index (χ1n) is 5.57. The van der Waals surface area contributed by atoms with Gasteiger partial charge in [0.1, 0.15) is 5.82 Å². The molecule has 2 rings (SSSR count). The zero-order valence-electron chi connectivity index (χ0n) is 9.45. The SMILES string of the molecule is CC(N)c1cccc(F)c1N1CCOCC1. The average Bonchev–Trinajstić information content (AvgIpc) is 2.29. The molecule has 1 aliphatic heterocycles. The van der Waals surface area contributed by atoms with Crippen LogP contribution in [0.5, 0.6) is 0 Å². The monoisotopic (exact) mass is 224 g/mol. The smallest absolute Gasteiger partial charge is 0.146 e. The lowest BCUT2D eigenvalue weighted by Crippen LogP contribution is -2.37. The zero-order chi connectivity index (χ0) is 11.5. The molecule has 3 nitrogen and oxygen atoms in total. The molecular weight excluding hydrogens is 207 g/mol. The van der Waals surface area contributed by atoms with Gasteiger partial charge < -0.3 is 15.4 Å². The number of para-hydroxylation sites is 1. The minimum atomic E-state index is -0.197. The van der Waals surface area contributed by atoms with Gasteiger partial charge in [0, 0.05) is 19.1 Å². The van der Waals surface area contributed by atoms with Crippen LogP contribution in [0.2, 0.25) is 0 Å². The third-order valence-electron chi connectivity index (χ3n) is 2.84. The highest BCUT2D eigenvalue weighted by Gasteiger charge is 2.19. The lowest BCUT2D eigenvalue weighted by Gasteiger charge is -2.31. The van der Waals surface area contributed by atoms with E-state index >= 15 is 0 Å². The van der Waals surface area contributed by atoms with Crippen LogP contribution in [0.4, 0.5) is 10.1 Å². The van der Waals surface area contributed by atoms with Gasteiger partial charge >= 0.3 is 0 Å². The van der Waals surface area contributed by atoms with E-state index in [0.29, 0.717) is 18.9 Å². The lowest BCUT2D eigenvalue weighted by molar-refractivity contribution is 0.122. The van der Waals surface area contributed by atoms with Crippen molar-refractivity contribution in [1.29, 1.82) is 0 Å². The van der Waals surface area contributed by atoms with Crippen molar-refractivity contribution in [2.45, 2.75) is 13.0 Å². The van der Waals surface area contributed by atoms with Gasteiger partial charge in [-0.15, -0.1) is 0 Å². The number of benzene rings is 1. The molecule has 1 atom stereocenters. The third kappa shape index (κ3) is 2.18. The second-order valence-electron chi connectivity index (χ2n) is 4.07. The fraction of sp³-hybridized carbons (Fsp3) is 0.500. The van der Waals surface area contributed by atoms with E-state index in [1.54, 1.807) is 6.07 Å². The maximum absolute atomic E-state index is 13.9. The summed E-state index contributed by atoms with van der Waals surface area (Å²) in [6.07, 6.45) is 0. The van der Waals surface area contributed by atoms with Gasteiger partial charge in [0.25, 0.3) is 0 Å². The molecular formula is C12H17FN2O. The summed E-state index contributed by atoms with van der Waals surface area (Å²) in [5.41, 5.74) is 7.37. The van der Waals surface area contributed by atoms with E-state index in [9.17, 15) is 4.39 Å². The molecule has 2 N–H and O–H groups in total. The van der Waals surface area contributed by atoms with Crippen molar-refractivity contribution in [3.63, 3.8) is 0 Å². The first-order valence-corrected chi connectivity index (χ1v) is 5.57. The average molecular weight is 224 g/mol. The number of rotatable bonds is 2. The quantitative estimate of drug-likeness (QED) is 0.830. The van der Waals surface area contributed by atoms with Crippen LogP contribution in [-0.2, 0) is 4.74 Å². The van der Waals surface area contributed by atoms with Crippen LogP contribution in [0.25, 0.3) is 0 Å². The van der Waals surface area contributed by atoms with Crippen LogP contribution in [0.1, 0.15) is 18.5 Å². The predicted molar refractivity (Wildman–Crippen MR) is 62.0 cm³/mol. The Bertz CT molecular complexity index is 362. The maximum atomic E-state index is 13.9. The second-order valence-corrected chi connectivity index (χ2v) is 4.07. The van der Waals surface area contributed by atoms with Gasteiger partial charge in [-0.2, -0.15) is 0 Å². The Labute approximate surface area is 95.0 Å². The molecule has 0 radical (unpaired) electrons. The van der Waals surface area contributed by atoms with Crippen molar-refractivity contribution in [2.24, 2.45) is 5.73 Å². The Balaban J connectivity index is 2.36. The van der Waals surface area contributed by atoms with Crippen molar-refractivity contribution in [2.75, 3.05) is 31.2 Å². The summed E-state index contributed by atoms with van der Waals surface area (Å²) in [7, 11) is 0. The molecule has 1 fully saturated rings. The van der Waals surface area contributed by atoms with E-state index in [1.807, 2.05) is 17.9 Å². The molecule has 0 aliphatic carbocycles. The molecule has 1 aliphatic rings. The number of hydrogen-bond donors (Lipinski definition) is 1. The number of ether oxygens (including phenoxy) is 1. The summed E-state index contributed by atoms with van der Waals surface area (Å²) in [5, 5.41) is 0. The van der Waals surface area contributed by atoms with Crippen LogP contribution < -0.4 is 10.6 Å². The highest BCUT2D eigenvalue weighted by molar-refractivity contribution is 5.56. The molecule has 1 aromatic rings. The van der Waals surface area contributed by atoms with Crippen molar-refractivity contribution >= 4 is 5.69 Å². The van der Waals surface area contributed by atoms with E-state index in [2.05, 4.69) is 0 Å². The number of nitrogens with two attached hydrogens (primary N) is 1. The number of halogens is 1. The van der Waals surface area contributed by atoms with E-state index in [4.69, 9.17) is 10.5 Å². The van der Waals surface area contributed by atoms with Gasteiger partial charge in [0.05, 0.1) is 18.9 Å². The zero-order valence-corrected chi connectivity index (χ0v) is 9.45. The van der Waals surface area contributed by atoms with Crippen LogP contribution in [0, 0.1) is 5.82 Å². The predicted octanol–water partition coefficient (Wildman–Crippen LogP) is 1.68. The Morgan fingerprint density at radius 3 is 2.69 bits per heavy atom. The molecule has 1 heterocycles. The molecule has 1 unspecified atom stereocenters. The van der Waals surface area contributed by atoms with Crippen LogP contribution >= 0.6 is 0 Å². The first-order chi connectivity index (χ1) is 7.70. The molecule has 0 spiro atoms. The van der Waals surface area contributed by atoms with Crippen LogP contribution in [0.15, 0.2) is 18.2 Å². The number of morpholine rings is 1. The van der Waals surface area contributed by atoms with Crippen molar-refractivity contribution in [1.82, 2.24) is 0 Å². The van der Waals surface area contributed by atoms with Crippen LogP contribution in [-0.4, -0.2) is 26.3 Å². The summed E-state index contributed by atoms with van der Waals surface area (Å²) < 4.78 is 19.1. The fourth-order valence-electron chi connectivity index (χ4n) is 2.02. The Morgan fingerprint density at radius 2 is 2.06 bits per heavy atom. The summed E-state index contributed by atoms with van der Waals surface area (Å²) in [5.74, 6) is -0.197. The highest BCUT2D eigenvalue weighted by Crippen LogP contribution is 2.28. The molecule has 0 amide bonds. The van der Waals surface area contributed by atoms with E-state index in [1.165, 1.54) is 6.07 Å². The minimum absolute atomic E-state index is 0.159. The largest absolute Gasteiger partial charge is 0.378 e. The normalized spacial score (nSPS) is 18.6. The third-order valence-corrected chi connectivity index (χ3v) is 2.84. The molecule has 16 heavy (non-hydrogen) atoms. The number of anilines is 1. The van der Waals surface area contributed by atoms with Gasteiger partial charge in [0.15, 0.2) is 0 Å². The summed E-state index contributed by atoms with van der Waals surface area (Å²) in [6, 6.07) is 4.92. The molecule has 88 valence electrons. The van der Waals surface area contributed by atoms with Gasteiger partial charge in [-0.1, -0.05) is 12.1 Å². The Morgan fingerprint density at radius 1 is 1.38 bits per heavy atom. The Hall–Kier alpha value is -1.13. The summed E-state index contributed by atoms with van der Waals surface area (Å²) in [6.45, 7) is 4.61. The minimum Gasteiger partial charge on any atom is -0.378 e. The molecule has 1 aromatic carbocycles. The van der Waals surface area contributed by atoms with Crippen LogP contribution in [0.3, 0.4) is 0 Å². The molecule has 0 bridgehead atoms. The topological polar surface area (TPSA) is 38.5 Å². The molecule has 1 saturated heterocycles.